The van der Waals surface area contributed by atoms with Crippen molar-refractivity contribution in [1.82, 2.24) is 4.90 Å². The van der Waals surface area contributed by atoms with Crippen LogP contribution in [0.4, 0.5) is 0 Å². The fraction of sp³-hybridized carbons (Fsp3) is 1.00. The lowest BCUT2D eigenvalue weighted by molar-refractivity contribution is -0.0111. The second kappa shape index (κ2) is 7.34. The summed E-state index contributed by atoms with van der Waals surface area (Å²) >= 11 is 0. The summed E-state index contributed by atoms with van der Waals surface area (Å²) in [6, 6.07) is 0.633. The smallest absolute Gasteiger partial charge is 0.0624 e. The number of hydrogen-bond donors (Lipinski definition) is 0. The molecule has 0 saturated carbocycles. The maximum absolute atomic E-state index is 5.37. The number of rotatable bonds is 1. The topological polar surface area (TPSA) is 12.5 Å². The van der Waals surface area contributed by atoms with Crippen LogP contribution in [-0.4, -0.2) is 37.7 Å². The summed E-state index contributed by atoms with van der Waals surface area (Å²) in [4.78, 5) is 2.38. The van der Waals surface area contributed by atoms with Crippen LogP contribution >= 0.6 is 0 Å². The van der Waals surface area contributed by atoms with Crippen LogP contribution in [0.1, 0.15) is 34.1 Å². The molecule has 0 bridgehead atoms. The number of hydrogen-bond acceptors (Lipinski definition) is 2. The first kappa shape index (κ1) is 12.9. The van der Waals surface area contributed by atoms with E-state index in [9.17, 15) is 0 Å². The van der Waals surface area contributed by atoms with Gasteiger partial charge in [-0.3, -0.25) is 4.90 Å². The summed E-state index contributed by atoms with van der Waals surface area (Å²) in [5, 5.41) is 0. The molecular formula is C11H25NO. The van der Waals surface area contributed by atoms with Gasteiger partial charge in [-0.2, -0.15) is 0 Å². The van der Waals surface area contributed by atoms with Gasteiger partial charge in [-0.05, 0) is 13.0 Å². The van der Waals surface area contributed by atoms with Gasteiger partial charge in [0.25, 0.3) is 0 Å². The quantitative estimate of drug-likeness (QED) is 0.625. The number of nitrogens with zero attached hydrogens (tertiary/aromatic N) is 1. The minimum atomic E-state index is 0.633. The Balaban J connectivity index is 0.000000424. The van der Waals surface area contributed by atoms with E-state index in [0.717, 1.165) is 19.8 Å². The Morgan fingerprint density at radius 3 is 2.23 bits per heavy atom. The van der Waals surface area contributed by atoms with E-state index in [1.165, 1.54) is 6.42 Å². The molecule has 1 saturated heterocycles. The van der Waals surface area contributed by atoms with Gasteiger partial charge in [0.15, 0.2) is 0 Å². The van der Waals surface area contributed by atoms with Crippen LogP contribution in [0.15, 0.2) is 0 Å². The molecule has 0 radical (unpaired) electrons. The predicted molar refractivity (Wildman–Crippen MR) is 58.0 cm³/mol. The molecule has 2 nitrogen and oxygen atoms in total. The molecule has 1 aliphatic heterocycles. The molecule has 80 valence electrons. The van der Waals surface area contributed by atoms with Crippen molar-refractivity contribution < 1.29 is 4.74 Å². The number of ether oxygens (including phenoxy) is 1. The number of likely N-dealkylation sites (N-methyl/N-ethyl adjacent to an activating group) is 1. The van der Waals surface area contributed by atoms with E-state index in [1.807, 2.05) is 0 Å². The molecule has 0 aliphatic carbocycles. The predicted octanol–water partition coefficient (Wildman–Crippen LogP) is 2.39. The molecule has 0 spiro atoms. The molecule has 0 aromatic heterocycles. The van der Waals surface area contributed by atoms with Gasteiger partial charge in [0.2, 0.25) is 0 Å². The van der Waals surface area contributed by atoms with E-state index >= 15 is 0 Å². The fourth-order valence-corrected chi connectivity index (χ4v) is 1.41. The van der Waals surface area contributed by atoms with Gasteiger partial charge >= 0.3 is 0 Å². The molecule has 0 aromatic carbocycles. The Hall–Kier alpha value is -0.0800. The van der Waals surface area contributed by atoms with Crippen LogP contribution in [-0.2, 0) is 4.74 Å². The van der Waals surface area contributed by atoms with Gasteiger partial charge in [0.1, 0.15) is 0 Å². The van der Waals surface area contributed by atoms with Gasteiger partial charge < -0.3 is 4.74 Å². The molecule has 1 atom stereocenters. The van der Waals surface area contributed by atoms with Crippen LogP contribution in [0.3, 0.4) is 0 Å². The van der Waals surface area contributed by atoms with Gasteiger partial charge in [-0.1, -0.05) is 34.1 Å². The highest BCUT2D eigenvalue weighted by Gasteiger charge is 2.21. The van der Waals surface area contributed by atoms with Crippen LogP contribution in [0.5, 0.6) is 0 Å². The second-order valence-electron chi connectivity index (χ2n) is 4.07. The highest BCUT2D eigenvalue weighted by Crippen LogP contribution is 2.12. The third-order valence-electron chi connectivity index (χ3n) is 2.21. The minimum absolute atomic E-state index is 0.633. The average molecular weight is 187 g/mol. The fourth-order valence-electron chi connectivity index (χ4n) is 1.41. The Kier molecular flexibility index (Phi) is 7.29. The van der Waals surface area contributed by atoms with Crippen molar-refractivity contribution in [2.24, 2.45) is 5.92 Å². The highest BCUT2D eigenvalue weighted by atomic mass is 16.5. The van der Waals surface area contributed by atoms with Crippen molar-refractivity contribution in [2.75, 3.05) is 26.8 Å². The molecular weight excluding hydrogens is 162 g/mol. The Bertz CT molecular complexity index is 115. The Morgan fingerprint density at radius 1 is 1.38 bits per heavy atom. The van der Waals surface area contributed by atoms with E-state index in [2.05, 4.69) is 39.6 Å². The molecule has 1 aliphatic rings. The third-order valence-corrected chi connectivity index (χ3v) is 2.21. The molecule has 1 rings (SSSR count). The van der Waals surface area contributed by atoms with E-state index in [-0.39, 0.29) is 0 Å². The van der Waals surface area contributed by atoms with E-state index < -0.39 is 0 Å². The monoisotopic (exact) mass is 187 g/mol. The third kappa shape index (κ3) is 5.27. The normalized spacial score (nSPS) is 24.0. The summed E-state index contributed by atoms with van der Waals surface area (Å²) in [6.07, 6.45) is 1.25. The molecule has 0 amide bonds. The average Bonchev–Trinajstić information content (AvgIpc) is 2.06. The highest BCUT2D eigenvalue weighted by molar-refractivity contribution is 4.74. The van der Waals surface area contributed by atoms with Crippen molar-refractivity contribution in [3.05, 3.63) is 0 Å². The van der Waals surface area contributed by atoms with Gasteiger partial charge in [0, 0.05) is 12.6 Å². The summed E-state index contributed by atoms with van der Waals surface area (Å²) in [7, 11) is 2.17. The SMILES string of the molecule is CC(C)[C@H]1COCCN1C.CCC. The first-order valence-electron chi connectivity index (χ1n) is 5.41. The van der Waals surface area contributed by atoms with Crippen LogP contribution in [0.25, 0.3) is 0 Å². The van der Waals surface area contributed by atoms with Crippen molar-refractivity contribution in [3.63, 3.8) is 0 Å². The molecule has 2 heteroatoms. The van der Waals surface area contributed by atoms with Crippen molar-refractivity contribution in [1.29, 1.82) is 0 Å². The lowest BCUT2D eigenvalue weighted by Gasteiger charge is -2.34. The van der Waals surface area contributed by atoms with Crippen LogP contribution in [0.2, 0.25) is 0 Å². The van der Waals surface area contributed by atoms with Gasteiger partial charge in [0.05, 0.1) is 13.2 Å². The first-order valence-corrected chi connectivity index (χ1v) is 5.41. The molecule has 0 unspecified atom stereocenters. The minimum Gasteiger partial charge on any atom is -0.378 e. The van der Waals surface area contributed by atoms with E-state index in [0.29, 0.717) is 12.0 Å². The second-order valence-corrected chi connectivity index (χ2v) is 4.07. The zero-order chi connectivity index (χ0) is 10.3. The van der Waals surface area contributed by atoms with Gasteiger partial charge in [-0.15, -0.1) is 0 Å². The maximum atomic E-state index is 5.37. The van der Waals surface area contributed by atoms with E-state index in [1.54, 1.807) is 0 Å². The summed E-state index contributed by atoms with van der Waals surface area (Å²) in [6.45, 7) is 11.6. The van der Waals surface area contributed by atoms with Crippen molar-refractivity contribution in [3.8, 4) is 0 Å². The largest absolute Gasteiger partial charge is 0.378 e. The maximum Gasteiger partial charge on any atom is 0.0624 e. The first-order chi connectivity index (χ1) is 6.13. The zero-order valence-corrected chi connectivity index (χ0v) is 9.84. The standard InChI is InChI=1S/C8H17NO.C3H8/c1-7(2)8-6-10-5-4-9(8)3;1-3-2/h7-8H,4-6H2,1-3H3;3H2,1-2H3/t8-;/m1./s1. The Morgan fingerprint density at radius 2 is 1.92 bits per heavy atom. The Labute approximate surface area is 83.3 Å². The number of morpholine rings is 1. The zero-order valence-electron chi connectivity index (χ0n) is 9.84. The molecule has 0 aromatic rings. The summed E-state index contributed by atoms with van der Waals surface area (Å²) in [5.74, 6) is 0.713. The molecule has 13 heavy (non-hydrogen) atoms. The lowest BCUT2D eigenvalue weighted by Crippen LogP contribution is -2.45. The summed E-state index contributed by atoms with van der Waals surface area (Å²) in [5.41, 5.74) is 0. The molecule has 0 N–H and O–H groups in total. The molecule has 1 heterocycles. The van der Waals surface area contributed by atoms with Crippen molar-refractivity contribution >= 4 is 0 Å². The van der Waals surface area contributed by atoms with Crippen LogP contribution in [0, 0.1) is 5.92 Å². The molecule has 1 fully saturated rings. The van der Waals surface area contributed by atoms with E-state index in [4.69, 9.17) is 4.74 Å². The van der Waals surface area contributed by atoms with Crippen LogP contribution < -0.4 is 0 Å². The van der Waals surface area contributed by atoms with Crippen molar-refractivity contribution in [2.45, 2.75) is 40.2 Å². The lowest BCUT2D eigenvalue weighted by atomic mass is 10.0. The summed E-state index contributed by atoms with van der Waals surface area (Å²) < 4.78 is 5.37. The van der Waals surface area contributed by atoms with Gasteiger partial charge in [-0.25, -0.2) is 0 Å².